The highest BCUT2D eigenvalue weighted by molar-refractivity contribution is 5.77. The van der Waals surface area contributed by atoms with Crippen LogP contribution < -0.4 is 0 Å². The van der Waals surface area contributed by atoms with E-state index in [9.17, 15) is 4.79 Å². The van der Waals surface area contributed by atoms with Crippen molar-refractivity contribution in [1.82, 2.24) is 0 Å². The molecule has 0 saturated carbocycles. The third kappa shape index (κ3) is 2.61. The topological polar surface area (TPSA) is 35.5 Å². The van der Waals surface area contributed by atoms with E-state index in [0.29, 0.717) is 13.2 Å². The fourth-order valence-corrected chi connectivity index (χ4v) is 1.75. The van der Waals surface area contributed by atoms with Gasteiger partial charge in [-0.2, -0.15) is 0 Å². The monoisotopic (exact) mass is 220 g/mol. The maximum Gasteiger partial charge on any atom is 0.313 e. The van der Waals surface area contributed by atoms with Crippen LogP contribution >= 0.6 is 0 Å². The Morgan fingerprint density at radius 1 is 1.44 bits per heavy atom. The van der Waals surface area contributed by atoms with E-state index in [2.05, 4.69) is 0 Å². The average Bonchev–Trinajstić information content (AvgIpc) is 2.82. The Hall–Kier alpha value is -1.35. The molecule has 1 fully saturated rings. The Balaban J connectivity index is 1.94. The van der Waals surface area contributed by atoms with E-state index in [-0.39, 0.29) is 18.0 Å². The molecule has 1 saturated heterocycles. The Kier molecular flexibility index (Phi) is 3.57. The van der Waals surface area contributed by atoms with Crippen molar-refractivity contribution in [2.24, 2.45) is 0 Å². The summed E-state index contributed by atoms with van der Waals surface area (Å²) < 4.78 is 10.5. The minimum atomic E-state index is -0.207. The third-order valence-corrected chi connectivity index (χ3v) is 2.82. The van der Waals surface area contributed by atoms with Gasteiger partial charge >= 0.3 is 5.97 Å². The largest absolute Gasteiger partial charge is 0.459 e. The van der Waals surface area contributed by atoms with Crippen LogP contribution in [0.15, 0.2) is 30.3 Å². The van der Waals surface area contributed by atoms with Crippen molar-refractivity contribution in [2.75, 3.05) is 13.2 Å². The lowest BCUT2D eigenvalue weighted by molar-refractivity contribution is -0.150. The number of carbonyl (C=O) groups is 1. The Morgan fingerprint density at radius 2 is 2.19 bits per heavy atom. The zero-order chi connectivity index (χ0) is 11.4. The summed E-state index contributed by atoms with van der Waals surface area (Å²) in [7, 11) is 0. The minimum absolute atomic E-state index is 0.0568. The first-order valence-corrected chi connectivity index (χ1v) is 5.60. The highest BCUT2D eigenvalue weighted by Crippen LogP contribution is 2.18. The normalized spacial score (nSPS) is 21.7. The van der Waals surface area contributed by atoms with Crippen LogP contribution in [0, 0.1) is 0 Å². The van der Waals surface area contributed by atoms with E-state index >= 15 is 0 Å². The summed E-state index contributed by atoms with van der Waals surface area (Å²) in [5.74, 6) is -0.372. The van der Waals surface area contributed by atoms with Crippen LogP contribution in [0.2, 0.25) is 0 Å². The minimum Gasteiger partial charge on any atom is -0.459 e. The second kappa shape index (κ2) is 5.12. The van der Waals surface area contributed by atoms with Crippen LogP contribution in [0.4, 0.5) is 0 Å². The Bertz CT molecular complexity index is 341. The summed E-state index contributed by atoms with van der Waals surface area (Å²) in [5, 5.41) is 0. The molecule has 86 valence electrons. The van der Waals surface area contributed by atoms with E-state index < -0.39 is 0 Å². The van der Waals surface area contributed by atoms with E-state index in [1.807, 2.05) is 37.3 Å². The number of hydrogen-bond donors (Lipinski definition) is 0. The Morgan fingerprint density at radius 3 is 2.81 bits per heavy atom. The summed E-state index contributed by atoms with van der Waals surface area (Å²) in [6, 6.07) is 9.68. The predicted octanol–water partition coefficient (Wildman–Crippen LogP) is 2.12. The van der Waals surface area contributed by atoms with Gasteiger partial charge in [-0.3, -0.25) is 4.79 Å². The van der Waals surface area contributed by atoms with Gasteiger partial charge in [-0.05, 0) is 12.5 Å². The SMILES string of the molecule is C[C@@H](C(=O)O[C@@H]1CCOC1)c1ccccc1. The first-order chi connectivity index (χ1) is 7.77. The summed E-state index contributed by atoms with van der Waals surface area (Å²) in [4.78, 5) is 11.8. The van der Waals surface area contributed by atoms with E-state index in [4.69, 9.17) is 9.47 Å². The van der Waals surface area contributed by atoms with Crippen LogP contribution in [-0.4, -0.2) is 25.3 Å². The number of ether oxygens (including phenoxy) is 2. The van der Waals surface area contributed by atoms with Gasteiger partial charge < -0.3 is 9.47 Å². The highest BCUT2D eigenvalue weighted by atomic mass is 16.6. The molecule has 2 atom stereocenters. The van der Waals surface area contributed by atoms with E-state index in [1.165, 1.54) is 0 Å². The molecule has 0 aromatic heterocycles. The fraction of sp³-hybridized carbons (Fsp3) is 0.462. The Labute approximate surface area is 95.4 Å². The first kappa shape index (κ1) is 11.1. The van der Waals surface area contributed by atoms with Crippen molar-refractivity contribution in [3.05, 3.63) is 35.9 Å². The molecule has 1 heterocycles. The van der Waals surface area contributed by atoms with Gasteiger partial charge in [0.1, 0.15) is 6.10 Å². The molecule has 3 nitrogen and oxygen atoms in total. The maximum absolute atomic E-state index is 11.8. The molecule has 16 heavy (non-hydrogen) atoms. The fourth-order valence-electron chi connectivity index (χ4n) is 1.75. The number of carbonyl (C=O) groups excluding carboxylic acids is 1. The molecular weight excluding hydrogens is 204 g/mol. The third-order valence-electron chi connectivity index (χ3n) is 2.82. The van der Waals surface area contributed by atoms with Gasteiger partial charge in [-0.15, -0.1) is 0 Å². The van der Waals surface area contributed by atoms with Gasteiger partial charge in [0.15, 0.2) is 0 Å². The molecule has 2 rings (SSSR count). The van der Waals surface area contributed by atoms with Crippen molar-refractivity contribution >= 4 is 5.97 Å². The second-order valence-corrected chi connectivity index (χ2v) is 4.05. The summed E-state index contributed by atoms with van der Waals surface area (Å²) in [6.45, 7) is 3.10. The van der Waals surface area contributed by atoms with Crippen LogP contribution in [0.5, 0.6) is 0 Å². The van der Waals surface area contributed by atoms with Crippen LogP contribution in [0.3, 0.4) is 0 Å². The lowest BCUT2D eigenvalue weighted by atomic mass is 10.0. The molecule has 1 aromatic carbocycles. The molecule has 0 bridgehead atoms. The van der Waals surface area contributed by atoms with Crippen molar-refractivity contribution in [3.63, 3.8) is 0 Å². The number of esters is 1. The quantitative estimate of drug-likeness (QED) is 0.732. The summed E-state index contributed by atoms with van der Waals surface area (Å²) >= 11 is 0. The molecule has 0 unspecified atom stereocenters. The maximum atomic E-state index is 11.8. The van der Waals surface area contributed by atoms with Crippen LogP contribution in [0.25, 0.3) is 0 Å². The predicted molar refractivity (Wildman–Crippen MR) is 60.2 cm³/mol. The molecule has 3 heteroatoms. The number of rotatable bonds is 3. The van der Waals surface area contributed by atoms with E-state index in [1.54, 1.807) is 0 Å². The van der Waals surface area contributed by atoms with Gasteiger partial charge in [0.05, 0.1) is 19.1 Å². The van der Waals surface area contributed by atoms with Crippen molar-refractivity contribution < 1.29 is 14.3 Å². The molecule has 0 spiro atoms. The van der Waals surface area contributed by atoms with Crippen LogP contribution in [-0.2, 0) is 14.3 Å². The van der Waals surface area contributed by atoms with E-state index in [0.717, 1.165) is 12.0 Å². The highest BCUT2D eigenvalue weighted by Gasteiger charge is 2.23. The molecule has 0 radical (unpaired) electrons. The van der Waals surface area contributed by atoms with Crippen LogP contribution in [0.1, 0.15) is 24.8 Å². The van der Waals surface area contributed by atoms with Crippen molar-refractivity contribution in [1.29, 1.82) is 0 Å². The summed E-state index contributed by atoms with van der Waals surface area (Å²) in [5.41, 5.74) is 0.992. The number of benzene rings is 1. The first-order valence-electron chi connectivity index (χ1n) is 5.60. The second-order valence-electron chi connectivity index (χ2n) is 4.05. The standard InChI is InChI=1S/C13H16O3/c1-10(11-5-3-2-4-6-11)13(14)16-12-7-8-15-9-12/h2-6,10,12H,7-9H2,1H3/t10-,12-/m1/s1. The van der Waals surface area contributed by atoms with Crippen molar-refractivity contribution in [3.8, 4) is 0 Å². The molecule has 1 aromatic rings. The molecule has 0 aliphatic carbocycles. The van der Waals surface area contributed by atoms with Gasteiger partial charge in [-0.1, -0.05) is 30.3 Å². The van der Waals surface area contributed by atoms with Crippen molar-refractivity contribution in [2.45, 2.75) is 25.4 Å². The van der Waals surface area contributed by atoms with Gasteiger partial charge in [0, 0.05) is 6.42 Å². The molecular formula is C13H16O3. The summed E-state index contributed by atoms with van der Waals surface area (Å²) in [6.07, 6.45) is 0.756. The lowest BCUT2D eigenvalue weighted by Gasteiger charge is -2.15. The average molecular weight is 220 g/mol. The molecule has 1 aliphatic rings. The molecule has 0 amide bonds. The molecule has 1 aliphatic heterocycles. The smallest absolute Gasteiger partial charge is 0.313 e. The number of hydrogen-bond acceptors (Lipinski definition) is 3. The zero-order valence-corrected chi connectivity index (χ0v) is 9.39. The lowest BCUT2D eigenvalue weighted by Crippen LogP contribution is -2.21. The van der Waals surface area contributed by atoms with Gasteiger partial charge in [-0.25, -0.2) is 0 Å². The van der Waals surface area contributed by atoms with Gasteiger partial charge in [0.2, 0.25) is 0 Å². The van der Waals surface area contributed by atoms with Gasteiger partial charge in [0.25, 0.3) is 0 Å². The zero-order valence-electron chi connectivity index (χ0n) is 9.39. The molecule has 0 N–H and O–H groups in total.